The molecule has 1 amide bonds. The smallest absolute Gasteiger partial charge is 0.287 e. The molecule has 4 nitrogen and oxygen atoms in total. The molecular formula is C17H16ClNO3. The average molecular weight is 318 g/mol. The van der Waals surface area contributed by atoms with Crippen molar-refractivity contribution in [3.05, 3.63) is 46.2 Å². The van der Waals surface area contributed by atoms with Gasteiger partial charge in [0.25, 0.3) is 5.91 Å². The molecule has 22 heavy (non-hydrogen) atoms. The number of Topliss-reactive ketones (excluding diaryl/α,β-unsaturated/α-hetero) is 1. The SMILES string of the molecule is O=C1NC(c2ccc(Cl)cc2)C2=C1OC1CCCCC1C2=O. The predicted molar refractivity (Wildman–Crippen MR) is 81.2 cm³/mol. The van der Waals surface area contributed by atoms with Gasteiger partial charge in [0.05, 0.1) is 17.5 Å². The van der Waals surface area contributed by atoms with E-state index >= 15 is 0 Å². The van der Waals surface area contributed by atoms with Gasteiger partial charge in [-0.3, -0.25) is 9.59 Å². The van der Waals surface area contributed by atoms with Crippen LogP contribution in [0.25, 0.3) is 0 Å². The lowest BCUT2D eigenvalue weighted by atomic mass is 9.78. The number of carbonyl (C=O) groups is 2. The zero-order chi connectivity index (χ0) is 15.3. The molecule has 1 fully saturated rings. The number of hydrogen-bond donors (Lipinski definition) is 1. The molecule has 114 valence electrons. The van der Waals surface area contributed by atoms with Crippen molar-refractivity contribution in [2.45, 2.75) is 37.8 Å². The number of benzene rings is 1. The Morgan fingerprint density at radius 3 is 2.59 bits per heavy atom. The monoisotopic (exact) mass is 317 g/mol. The van der Waals surface area contributed by atoms with E-state index in [-0.39, 0.29) is 29.5 Å². The zero-order valence-electron chi connectivity index (χ0n) is 12.0. The highest BCUT2D eigenvalue weighted by molar-refractivity contribution is 6.30. The van der Waals surface area contributed by atoms with Crippen LogP contribution in [0.2, 0.25) is 5.02 Å². The van der Waals surface area contributed by atoms with Crippen molar-refractivity contribution in [1.82, 2.24) is 5.32 Å². The minimum Gasteiger partial charge on any atom is -0.483 e. The molecule has 0 aromatic heterocycles. The number of carbonyl (C=O) groups excluding carboxylic acids is 2. The molecule has 2 heterocycles. The fourth-order valence-electron chi connectivity index (χ4n) is 3.69. The number of fused-ring (bicyclic) bond motifs is 1. The summed E-state index contributed by atoms with van der Waals surface area (Å²) in [6.07, 6.45) is 3.67. The van der Waals surface area contributed by atoms with Crippen LogP contribution in [0.15, 0.2) is 35.6 Å². The van der Waals surface area contributed by atoms with Gasteiger partial charge in [0.2, 0.25) is 0 Å². The number of nitrogens with one attached hydrogen (secondary N) is 1. The van der Waals surface area contributed by atoms with Crippen LogP contribution >= 0.6 is 11.6 Å². The Morgan fingerprint density at radius 2 is 1.82 bits per heavy atom. The summed E-state index contributed by atoms with van der Waals surface area (Å²) in [6, 6.07) is 6.78. The van der Waals surface area contributed by atoms with Gasteiger partial charge in [0.15, 0.2) is 11.5 Å². The Balaban J connectivity index is 1.74. The van der Waals surface area contributed by atoms with Crippen molar-refractivity contribution >= 4 is 23.3 Å². The third-order valence-corrected chi connectivity index (χ3v) is 5.04. The fraction of sp³-hybridized carbons (Fsp3) is 0.412. The molecular weight excluding hydrogens is 302 g/mol. The minimum atomic E-state index is -0.421. The lowest BCUT2D eigenvalue weighted by Crippen LogP contribution is -2.39. The van der Waals surface area contributed by atoms with Crippen molar-refractivity contribution in [1.29, 1.82) is 0 Å². The van der Waals surface area contributed by atoms with Crippen LogP contribution in [0, 0.1) is 5.92 Å². The quantitative estimate of drug-likeness (QED) is 0.866. The summed E-state index contributed by atoms with van der Waals surface area (Å²) in [4.78, 5) is 25.1. The number of hydrogen-bond acceptors (Lipinski definition) is 3. The lowest BCUT2D eigenvalue weighted by Gasteiger charge is -2.35. The van der Waals surface area contributed by atoms with Crippen molar-refractivity contribution in [3.63, 3.8) is 0 Å². The first-order valence-electron chi connectivity index (χ1n) is 7.66. The molecule has 1 saturated carbocycles. The van der Waals surface area contributed by atoms with Crippen molar-refractivity contribution in [3.8, 4) is 0 Å². The van der Waals surface area contributed by atoms with Gasteiger partial charge in [0, 0.05) is 5.02 Å². The van der Waals surface area contributed by atoms with Gasteiger partial charge in [-0.1, -0.05) is 30.2 Å². The largest absolute Gasteiger partial charge is 0.483 e. The van der Waals surface area contributed by atoms with Gasteiger partial charge in [-0.15, -0.1) is 0 Å². The third-order valence-electron chi connectivity index (χ3n) is 4.79. The molecule has 0 spiro atoms. The van der Waals surface area contributed by atoms with E-state index in [2.05, 4.69) is 5.32 Å². The van der Waals surface area contributed by atoms with Crippen LogP contribution in [0.5, 0.6) is 0 Å². The summed E-state index contributed by atoms with van der Waals surface area (Å²) in [5, 5.41) is 3.50. The molecule has 1 aliphatic carbocycles. The molecule has 0 bridgehead atoms. The number of rotatable bonds is 1. The van der Waals surface area contributed by atoms with E-state index in [4.69, 9.17) is 16.3 Å². The molecule has 4 rings (SSSR count). The number of ether oxygens (including phenoxy) is 1. The fourth-order valence-corrected chi connectivity index (χ4v) is 3.81. The molecule has 3 aliphatic rings. The maximum atomic E-state index is 12.9. The van der Waals surface area contributed by atoms with Gasteiger partial charge in [-0.05, 0) is 37.0 Å². The van der Waals surface area contributed by atoms with Gasteiger partial charge < -0.3 is 10.1 Å². The average Bonchev–Trinajstić information content (AvgIpc) is 2.86. The first-order valence-corrected chi connectivity index (χ1v) is 8.04. The van der Waals surface area contributed by atoms with E-state index in [1.54, 1.807) is 12.1 Å². The highest BCUT2D eigenvalue weighted by Crippen LogP contribution is 2.42. The van der Waals surface area contributed by atoms with Crippen LogP contribution in [0.4, 0.5) is 0 Å². The van der Waals surface area contributed by atoms with Gasteiger partial charge >= 0.3 is 0 Å². The normalized spacial score (nSPS) is 30.5. The lowest BCUT2D eigenvalue weighted by molar-refractivity contribution is -0.132. The van der Waals surface area contributed by atoms with E-state index in [0.29, 0.717) is 10.6 Å². The predicted octanol–water partition coefficient (Wildman–Crippen LogP) is 2.92. The Morgan fingerprint density at radius 1 is 1.09 bits per heavy atom. The van der Waals surface area contributed by atoms with E-state index < -0.39 is 6.04 Å². The molecule has 2 aliphatic heterocycles. The summed E-state index contributed by atoms with van der Waals surface area (Å²) in [5.41, 5.74) is 1.35. The van der Waals surface area contributed by atoms with Crippen molar-refractivity contribution in [2.24, 2.45) is 5.92 Å². The minimum absolute atomic E-state index is 0.0734. The molecule has 0 radical (unpaired) electrons. The maximum absolute atomic E-state index is 12.9. The Hall–Kier alpha value is -1.81. The highest BCUT2D eigenvalue weighted by atomic mass is 35.5. The van der Waals surface area contributed by atoms with Crippen LogP contribution in [-0.2, 0) is 14.3 Å². The van der Waals surface area contributed by atoms with Crippen LogP contribution in [-0.4, -0.2) is 17.8 Å². The second kappa shape index (κ2) is 5.13. The van der Waals surface area contributed by atoms with E-state index in [9.17, 15) is 9.59 Å². The number of halogens is 1. The van der Waals surface area contributed by atoms with Gasteiger partial charge in [-0.2, -0.15) is 0 Å². The van der Waals surface area contributed by atoms with Crippen molar-refractivity contribution in [2.75, 3.05) is 0 Å². The van der Waals surface area contributed by atoms with Gasteiger partial charge in [-0.25, -0.2) is 0 Å². The first kappa shape index (κ1) is 13.8. The van der Waals surface area contributed by atoms with Gasteiger partial charge in [0.1, 0.15) is 6.10 Å². The summed E-state index contributed by atoms with van der Waals surface area (Å²) < 4.78 is 5.89. The Labute approximate surface area is 133 Å². The molecule has 5 heteroatoms. The molecule has 3 atom stereocenters. The second-order valence-corrected chi connectivity index (χ2v) is 6.55. The summed E-state index contributed by atoms with van der Waals surface area (Å²) in [7, 11) is 0. The van der Waals surface area contributed by atoms with E-state index in [0.717, 1.165) is 31.2 Å². The van der Waals surface area contributed by atoms with Crippen LogP contribution < -0.4 is 5.32 Å². The summed E-state index contributed by atoms with van der Waals surface area (Å²) >= 11 is 5.91. The maximum Gasteiger partial charge on any atom is 0.287 e. The Bertz CT molecular complexity index is 680. The molecule has 1 aromatic rings. The van der Waals surface area contributed by atoms with Crippen LogP contribution in [0.1, 0.15) is 37.3 Å². The summed E-state index contributed by atoms with van der Waals surface area (Å²) in [5.74, 6) is -0.0836. The topological polar surface area (TPSA) is 55.4 Å². The third kappa shape index (κ3) is 2.05. The number of ketones is 1. The molecule has 0 saturated heterocycles. The summed E-state index contributed by atoms with van der Waals surface area (Å²) in [6.45, 7) is 0. The Kier molecular flexibility index (Phi) is 3.22. The van der Waals surface area contributed by atoms with Crippen LogP contribution in [0.3, 0.4) is 0 Å². The standard InChI is InChI=1S/C17H16ClNO3/c18-10-7-5-9(6-8-10)14-13-15(20)11-3-1-2-4-12(11)22-16(13)17(21)19-14/h5-8,11-12,14H,1-4H2,(H,19,21). The van der Waals surface area contributed by atoms with E-state index in [1.807, 2.05) is 12.1 Å². The first-order chi connectivity index (χ1) is 10.6. The second-order valence-electron chi connectivity index (χ2n) is 6.11. The highest BCUT2D eigenvalue weighted by Gasteiger charge is 2.48. The number of amides is 1. The molecule has 1 aromatic carbocycles. The molecule has 1 N–H and O–H groups in total. The molecule has 3 unspecified atom stereocenters. The van der Waals surface area contributed by atoms with Crippen molar-refractivity contribution < 1.29 is 14.3 Å². The zero-order valence-corrected chi connectivity index (χ0v) is 12.7. The van der Waals surface area contributed by atoms with E-state index in [1.165, 1.54) is 0 Å².